The summed E-state index contributed by atoms with van der Waals surface area (Å²) in [5.74, 6) is -0.560. The molecule has 18 rings (SSSR count). The predicted molar refractivity (Wildman–Crippen MR) is 516 cm³/mol. The topological polar surface area (TPSA) is 263 Å². The Labute approximate surface area is 771 Å². The number of fused-ring (bicyclic) bond motifs is 6. The van der Waals surface area contributed by atoms with Crippen LogP contribution in [-0.4, -0.2) is 177 Å². The SMILES string of the molecule is C=CC(=O)N1CCN(c2nc(=O)n(-c3c(C(C)C)cc4c(ncn4C)c3C)c3nc(-c4ccccc4F)c(Cl)cc23)[C@@H](C)C1.C=CC(=O)N1CCN(c2nc(=O)n(-c3c(C)cc4c(ncn4C)c3C(C)C)c3nc(-c4ccccc4F)c(Cl)cc23)[C@@H](C)C1.C=CC(=O)N1CCN(c2nc(=O)n(-c3c(C)cc4scnc4c3C(C)C)c3nc(-c4ccccc4F)c(Cl)cc23)[C@@H](C)C1. The number of hydrogen-bond donors (Lipinski definition) is 0. The maximum atomic E-state index is 15.1. The monoisotopic (exact) mass is 1840 g/mol. The first-order valence-corrected chi connectivity index (χ1v) is 45.1. The van der Waals surface area contributed by atoms with Gasteiger partial charge < -0.3 is 38.5 Å². The number of benzene rings is 6. The quantitative estimate of drug-likeness (QED) is 0.0863. The number of thiazole rings is 1. The third kappa shape index (κ3) is 16.5. The summed E-state index contributed by atoms with van der Waals surface area (Å²) in [6.07, 6.45) is 7.42. The van der Waals surface area contributed by atoms with Gasteiger partial charge in [0.1, 0.15) is 34.9 Å². The highest BCUT2D eigenvalue weighted by molar-refractivity contribution is 7.16. The second kappa shape index (κ2) is 36.6. The Bertz CT molecular complexity index is 7230. The zero-order valence-electron chi connectivity index (χ0n) is 74.9. The first-order valence-electron chi connectivity index (χ1n) is 43.1. The summed E-state index contributed by atoms with van der Waals surface area (Å²) in [5.41, 5.74) is 13.9. The molecule has 15 aromatic rings. The lowest BCUT2D eigenvalue weighted by molar-refractivity contribution is -0.127. The van der Waals surface area contributed by atoms with Gasteiger partial charge in [0, 0.05) is 125 Å². The highest BCUT2D eigenvalue weighted by Gasteiger charge is 2.37. The van der Waals surface area contributed by atoms with E-state index in [9.17, 15) is 28.8 Å². The van der Waals surface area contributed by atoms with E-state index in [2.05, 4.69) is 91.2 Å². The molecule has 0 saturated carbocycles. The third-order valence-corrected chi connectivity index (χ3v) is 26.3. The van der Waals surface area contributed by atoms with Gasteiger partial charge in [-0.1, -0.05) is 132 Å². The van der Waals surface area contributed by atoms with Crippen LogP contribution in [0.25, 0.3) is 116 Å². The number of anilines is 3. The van der Waals surface area contributed by atoms with Gasteiger partial charge >= 0.3 is 17.1 Å². The van der Waals surface area contributed by atoms with Gasteiger partial charge in [0.25, 0.3) is 0 Å². The molecule has 3 atom stereocenters. The van der Waals surface area contributed by atoms with Crippen molar-refractivity contribution in [3.05, 3.63) is 263 Å². The van der Waals surface area contributed by atoms with Crippen LogP contribution in [0.15, 0.2) is 180 Å². The smallest absolute Gasteiger partial charge is 0.350 e. The number of halogens is 6. The van der Waals surface area contributed by atoms with Crippen molar-refractivity contribution in [2.45, 2.75) is 119 Å². The van der Waals surface area contributed by atoms with Crippen molar-refractivity contribution in [3.8, 4) is 50.8 Å². The van der Waals surface area contributed by atoms with E-state index >= 15 is 13.2 Å². The van der Waals surface area contributed by atoms with E-state index in [1.165, 1.54) is 50.1 Å². The molecule has 12 heterocycles. The minimum atomic E-state index is -0.529. The molecule has 33 heteroatoms. The Hall–Kier alpha value is -13.3. The van der Waals surface area contributed by atoms with Crippen LogP contribution in [0.5, 0.6) is 0 Å². The molecule has 0 spiro atoms. The zero-order chi connectivity index (χ0) is 93.5. The summed E-state index contributed by atoms with van der Waals surface area (Å²) in [7, 11) is 3.87. The second-order valence-corrected chi connectivity index (χ2v) is 36.3. The van der Waals surface area contributed by atoms with E-state index in [4.69, 9.17) is 49.8 Å². The van der Waals surface area contributed by atoms with Crippen LogP contribution in [0.4, 0.5) is 30.6 Å². The number of aromatic nitrogens is 14. The van der Waals surface area contributed by atoms with Gasteiger partial charge in [0.05, 0.1) is 116 Å². The van der Waals surface area contributed by atoms with Crippen LogP contribution in [0, 0.1) is 38.2 Å². The standard InChI is InChI=1S/2C33H33ClFN7O2.C32H30ClFN6O2S/c1-7-27(43)40-12-13-41(19(4)16-40)31-23-14-24(34)29(21-10-8-9-11-25(21)35)37-32(23)42(33(44)38-31)30-20(5)28-26(39(6)17-36-28)15-22(30)18(2)3;1-7-26(43)40-12-13-41(20(5)16-40)31-22-15-23(34)28(21-10-8-9-11-24(21)35)37-32(22)42(33(44)38-31)30-19(4)14-25-29(27(30)18(2)3)36-17-39(25)6;1-6-25(41)38-11-12-39(19(5)15-38)30-21-14-22(33)27(20-9-7-8-10-23(20)34)36-31(21)40(32(42)37-30)29-18(4)13-24-28(35-16-43-24)26(29)17(2)3/h7-11,14-15,17-19H,1,12-13,16H2,2-6H3;7-11,14-15,17-18,20H,1,12-13,16H2,2-6H3;6-10,13-14,16-17,19H,1,11-12,15H2,2-5H3/t19-;20-;19-/m000/s1. The number of rotatable bonds is 15. The van der Waals surface area contributed by atoms with Crippen LogP contribution in [0.1, 0.15) is 113 Å². The third-order valence-electron chi connectivity index (χ3n) is 24.7. The number of aryl methyl sites for hydroxylation is 5. The van der Waals surface area contributed by atoms with Gasteiger partial charge in [0.15, 0.2) is 16.9 Å². The van der Waals surface area contributed by atoms with Gasteiger partial charge in [0.2, 0.25) is 17.7 Å². The van der Waals surface area contributed by atoms with Gasteiger partial charge in [-0.05, 0) is 167 Å². The van der Waals surface area contributed by atoms with Crippen LogP contribution in [0.3, 0.4) is 0 Å². The van der Waals surface area contributed by atoms with Crippen molar-refractivity contribution >= 4 is 147 Å². The van der Waals surface area contributed by atoms with E-state index in [1.807, 2.05) is 97.7 Å². The summed E-state index contributed by atoms with van der Waals surface area (Å²) in [6, 6.07) is 29.6. The van der Waals surface area contributed by atoms with Gasteiger partial charge in [-0.2, -0.15) is 15.0 Å². The highest BCUT2D eigenvalue weighted by atomic mass is 35.5. The summed E-state index contributed by atoms with van der Waals surface area (Å²) in [4.78, 5) is 134. The number of amides is 3. The number of pyridine rings is 3. The molecule has 672 valence electrons. The van der Waals surface area contributed by atoms with Crippen molar-refractivity contribution in [2.75, 3.05) is 73.6 Å². The highest BCUT2D eigenvalue weighted by Crippen LogP contribution is 2.45. The molecule has 0 bridgehead atoms. The van der Waals surface area contributed by atoms with Crippen molar-refractivity contribution in [1.29, 1.82) is 0 Å². The molecule has 3 fully saturated rings. The molecule has 3 aliphatic rings. The second-order valence-electron chi connectivity index (χ2n) is 34.2. The number of carbonyl (C=O) groups is 3. The Morgan fingerprint density at radius 2 is 0.786 bits per heavy atom. The molecule has 3 amide bonds. The first kappa shape index (κ1) is 91.0. The number of nitrogens with zero attached hydrogens (tertiary/aromatic N) is 20. The zero-order valence-corrected chi connectivity index (χ0v) is 78.0. The summed E-state index contributed by atoms with van der Waals surface area (Å²) in [5, 5.41) is 2.32. The average Bonchev–Trinajstić information content (AvgIpc) is 1.70. The lowest BCUT2D eigenvalue weighted by Gasteiger charge is -2.40. The van der Waals surface area contributed by atoms with E-state index in [1.54, 1.807) is 117 Å². The normalized spacial score (nSPS) is 15.5. The minimum Gasteiger partial charge on any atom is -0.350 e. The Morgan fingerprint density at radius 3 is 1.14 bits per heavy atom. The molecule has 131 heavy (non-hydrogen) atoms. The molecule has 9 aromatic heterocycles. The first-order chi connectivity index (χ1) is 62.6. The largest absolute Gasteiger partial charge is 0.355 e. The average molecular weight is 1850 g/mol. The van der Waals surface area contributed by atoms with Crippen molar-refractivity contribution < 1.29 is 27.6 Å². The molecular formula is C98H96Cl3F3N20O6S. The molecule has 0 radical (unpaired) electrons. The predicted octanol–water partition coefficient (Wildman–Crippen LogP) is 18.1. The number of hydrogen-bond acceptors (Lipinski definition) is 19. The molecule has 0 unspecified atom stereocenters. The lowest BCUT2D eigenvalue weighted by Crippen LogP contribution is -2.54. The fourth-order valence-electron chi connectivity index (χ4n) is 18.3. The Morgan fingerprint density at radius 1 is 0.443 bits per heavy atom. The van der Waals surface area contributed by atoms with Gasteiger partial charge in [-0.3, -0.25) is 14.4 Å². The summed E-state index contributed by atoms with van der Waals surface area (Å²) < 4.78 is 54.7. The molecule has 0 aliphatic carbocycles. The lowest BCUT2D eigenvalue weighted by atomic mass is 9.95. The summed E-state index contributed by atoms with van der Waals surface area (Å²) >= 11 is 22.0. The van der Waals surface area contributed by atoms with Crippen molar-refractivity contribution in [2.24, 2.45) is 14.1 Å². The maximum absolute atomic E-state index is 15.1. The van der Waals surface area contributed by atoms with Crippen LogP contribution < -0.4 is 31.8 Å². The fraction of sp³-hybridized carbons (Fsp3) is 0.296. The molecule has 6 aromatic carbocycles. The van der Waals surface area contributed by atoms with Gasteiger partial charge in [-0.15, -0.1) is 11.3 Å². The van der Waals surface area contributed by atoms with Crippen LogP contribution >= 0.6 is 46.1 Å². The molecule has 0 N–H and O–H groups in total. The molecular weight excluding hydrogens is 1750 g/mol. The fourth-order valence-corrected chi connectivity index (χ4v) is 19.9. The van der Waals surface area contributed by atoms with E-state index < -0.39 is 34.5 Å². The van der Waals surface area contributed by atoms with E-state index in [0.29, 0.717) is 127 Å². The molecule has 26 nitrogen and oxygen atoms in total. The number of piperazine rings is 3. The summed E-state index contributed by atoms with van der Waals surface area (Å²) in [6.45, 7) is 38.9. The van der Waals surface area contributed by atoms with Crippen LogP contribution in [0.2, 0.25) is 15.1 Å². The minimum absolute atomic E-state index is 0.00207. The van der Waals surface area contributed by atoms with E-state index in [-0.39, 0.29) is 102 Å². The maximum Gasteiger partial charge on any atom is 0.355 e. The number of imidazole rings is 2. The molecule has 3 saturated heterocycles. The van der Waals surface area contributed by atoms with Crippen LogP contribution in [-0.2, 0) is 28.5 Å². The van der Waals surface area contributed by atoms with Crippen molar-refractivity contribution in [1.82, 2.24) is 82.4 Å². The van der Waals surface area contributed by atoms with Gasteiger partial charge in [-0.25, -0.2) is 71.2 Å². The Balaban J connectivity index is 0.000000144. The molecule has 3 aliphatic heterocycles. The number of carbonyl (C=O) groups excluding carboxylic acids is 3. The van der Waals surface area contributed by atoms with Crippen molar-refractivity contribution in [3.63, 3.8) is 0 Å². The van der Waals surface area contributed by atoms with E-state index in [0.717, 1.165) is 65.7 Å². The Kier molecular flexibility index (Phi) is 25.4.